The highest BCUT2D eigenvalue weighted by Gasteiger charge is 2.31. The van der Waals surface area contributed by atoms with Gasteiger partial charge in [-0.3, -0.25) is 4.57 Å². The highest BCUT2D eigenvalue weighted by Crippen LogP contribution is 2.50. The van der Waals surface area contributed by atoms with Gasteiger partial charge in [0.2, 0.25) is 5.95 Å². The lowest BCUT2D eigenvalue weighted by molar-refractivity contribution is 0.852. The summed E-state index contributed by atoms with van der Waals surface area (Å²) < 4.78 is 2.24. The van der Waals surface area contributed by atoms with E-state index in [9.17, 15) is 0 Å². The van der Waals surface area contributed by atoms with Gasteiger partial charge in [-0.2, -0.15) is 9.97 Å². The van der Waals surface area contributed by atoms with Crippen LogP contribution in [0.1, 0.15) is 46.3 Å². The summed E-state index contributed by atoms with van der Waals surface area (Å²) in [7, 11) is 0. The van der Waals surface area contributed by atoms with Gasteiger partial charge < -0.3 is 0 Å². The molecule has 2 aliphatic carbocycles. The molecule has 2 aromatic heterocycles. The van der Waals surface area contributed by atoms with Crippen LogP contribution in [0.25, 0.3) is 55.8 Å². The van der Waals surface area contributed by atoms with Crippen molar-refractivity contribution in [1.82, 2.24) is 19.5 Å². The number of aromatic nitrogens is 4. The molecule has 8 aromatic rings. The Morgan fingerprint density at radius 2 is 1.20 bits per heavy atom. The van der Waals surface area contributed by atoms with Crippen molar-refractivity contribution in [2.45, 2.75) is 18.3 Å². The SMILES string of the molecule is C1=CC(c2ccccc2)CC=C1c1nc(-c2ccccc2)nc(-n2c3ccccc3c3cc4c(cc32)-c2ccccc2C4c2ccccc2)n1. The normalized spacial score (nSPS) is 16.4. The summed E-state index contributed by atoms with van der Waals surface area (Å²) in [4.78, 5) is 15.5. The third-order valence-corrected chi connectivity index (χ3v) is 10.3. The van der Waals surface area contributed by atoms with Crippen molar-refractivity contribution >= 4 is 27.4 Å². The molecule has 0 aliphatic heterocycles. The van der Waals surface area contributed by atoms with Crippen LogP contribution in [-0.4, -0.2) is 19.5 Å². The summed E-state index contributed by atoms with van der Waals surface area (Å²) >= 11 is 0. The highest BCUT2D eigenvalue weighted by atomic mass is 15.2. The first-order chi connectivity index (χ1) is 24.8. The van der Waals surface area contributed by atoms with E-state index in [1.54, 1.807) is 0 Å². The maximum Gasteiger partial charge on any atom is 0.238 e. The lowest BCUT2D eigenvalue weighted by Gasteiger charge is -2.17. The van der Waals surface area contributed by atoms with Crippen molar-refractivity contribution in [3.63, 3.8) is 0 Å². The molecule has 236 valence electrons. The Morgan fingerprint density at radius 3 is 1.98 bits per heavy atom. The quantitative estimate of drug-likeness (QED) is 0.188. The Bertz CT molecular complexity index is 2620. The van der Waals surface area contributed by atoms with E-state index >= 15 is 0 Å². The third kappa shape index (κ3) is 4.64. The van der Waals surface area contributed by atoms with Gasteiger partial charge in [0, 0.05) is 33.7 Å². The molecule has 0 radical (unpaired) electrons. The highest BCUT2D eigenvalue weighted by molar-refractivity contribution is 6.11. The second-order valence-electron chi connectivity index (χ2n) is 13.2. The Morgan fingerprint density at radius 1 is 0.520 bits per heavy atom. The first kappa shape index (κ1) is 28.6. The van der Waals surface area contributed by atoms with E-state index in [4.69, 9.17) is 15.0 Å². The summed E-state index contributed by atoms with van der Waals surface area (Å²) in [5.74, 6) is 2.46. The zero-order valence-electron chi connectivity index (χ0n) is 27.3. The molecule has 0 amide bonds. The van der Waals surface area contributed by atoms with E-state index < -0.39 is 0 Å². The van der Waals surface area contributed by atoms with Gasteiger partial charge in [0.1, 0.15) is 0 Å². The van der Waals surface area contributed by atoms with Crippen molar-refractivity contribution < 1.29 is 0 Å². The molecule has 2 atom stereocenters. The second-order valence-corrected chi connectivity index (χ2v) is 13.2. The van der Waals surface area contributed by atoms with Crippen LogP contribution in [0.15, 0.2) is 170 Å². The number of hydrogen-bond acceptors (Lipinski definition) is 3. The molecule has 0 N–H and O–H groups in total. The van der Waals surface area contributed by atoms with E-state index in [2.05, 4.69) is 156 Å². The molecule has 10 rings (SSSR count). The zero-order chi connectivity index (χ0) is 33.0. The van der Waals surface area contributed by atoms with Crippen molar-refractivity contribution in [3.8, 4) is 28.5 Å². The molecule has 0 bridgehead atoms. The van der Waals surface area contributed by atoms with Crippen LogP contribution in [0.4, 0.5) is 0 Å². The van der Waals surface area contributed by atoms with Crippen LogP contribution in [0.5, 0.6) is 0 Å². The molecule has 6 aromatic carbocycles. The summed E-state index contributed by atoms with van der Waals surface area (Å²) in [5.41, 5.74) is 12.0. The third-order valence-electron chi connectivity index (χ3n) is 10.3. The Kier molecular flexibility index (Phi) is 6.66. The predicted molar refractivity (Wildman–Crippen MR) is 203 cm³/mol. The number of para-hydroxylation sites is 1. The van der Waals surface area contributed by atoms with E-state index in [1.165, 1.54) is 44.2 Å². The van der Waals surface area contributed by atoms with Crippen molar-refractivity contribution in [2.24, 2.45) is 0 Å². The van der Waals surface area contributed by atoms with Gasteiger partial charge in [0.25, 0.3) is 0 Å². The minimum atomic E-state index is 0.173. The molecule has 4 heteroatoms. The number of benzene rings is 6. The van der Waals surface area contributed by atoms with E-state index in [-0.39, 0.29) is 5.92 Å². The monoisotopic (exact) mass is 640 g/mol. The minimum absolute atomic E-state index is 0.173. The molecule has 2 aliphatic rings. The molecule has 50 heavy (non-hydrogen) atoms. The molecule has 0 saturated heterocycles. The van der Waals surface area contributed by atoms with E-state index in [0.717, 1.165) is 28.6 Å². The average Bonchev–Trinajstić information content (AvgIpc) is 3.70. The first-order valence-electron chi connectivity index (χ1n) is 17.3. The summed E-state index contributed by atoms with van der Waals surface area (Å²) in [5, 5.41) is 2.37. The zero-order valence-corrected chi connectivity index (χ0v) is 27.3. The standard InChI is InChI=1S/C46H32N4/c1-4-14-30(15-5-1)31-24-26-34(27-25-31)45-47-44(33-18-8-3-9-19-33)48-46(49-45)50-41-23-13-12-21-36(41)39-28-40-38(29-42(39)50)35-20-10-11-22-37(35)43(40)32-16-6-2-7-17-32/h1-24,26-29,31,43H,25H2. The number of allylic oxidation sites excluding steroid dienone is 4. The van der Waals surface area contributed by atoms with Crippen molar-refractivity contribution in [3.05, 3.63) is 198 Å². The van der Waals surface area contributed by atoms with Gasteiger partial charge in [0.15, 0.2) is 11.6 Å². The second kappa shape index (κ2) is 11.6. The molecule has 0 fully saturated rings. The van der Waals surface area contributed by atoms with Crippen LogP contribution < -0.4 is 0 Å². The fraction of sp³-hybridized carbons (Fsp3) is 0.0652. The van der Waals surface area contributed by atoms with Crippen LogP contribution in [0.3, 0.4) is 0 Å². The van der Waals surface area contributed by atoms with Crippen molar-refractivity contribution in [1.29, 1.82) is 0 Å². The van der Waals surface area contributed by atoms with E-state index in [1.807, 2.05) is 18.2 Å². The summed E-state index contributed by atoms with van der Waals surface area (Å²) in [6.07, 6.45) is 7.61. The number of nitrogens with zero attached hydrogens (tertiary/aromatic N) is 4. The predicted octanol–water partition coefficient (Wildman–Crippen LogP) is 10.9. The molecule has 0 saturated carbocycles. The van der Waals surface area contributed by atoms with Gasteiger partial charge in [-0.05, 0) is 58.0 Å². The molecule has 2 heterocycles. The van der Waals surface area contributed by atoms with E-state index in [0.29, 0.717) is 23.5 Å². The average molecular weight is 641 g/mol. The van der Waals surface area contributed by atoms with Crippen LogP contribution >= 0.6 is 0 Å². The summed E-state index contributed by atoms with van der Waals surface area (Å²) in [6, 6.07) is 54.0. The first-order valence-corrected chi connectivity index (χ1v) is 17.3. The van der Waals surface area contributed by atoms with Gasteiger partial charge >= 0.3 is 0 Å². The molecule has 4 nitrogen and oxygen atoms in total. The number of hydrogen-bond donors (Lipinski definition) is 0. The molecule has 0 spiro atoms. The summed E-state index contributed by atoms with van der Waals surface area (Å²) in [6.45, 7) is 0. The van der Waals surface area contributed by atoms with Gasteiger partial charge in [-0.1, -0.05) is 152 Å². The van der Waals surface area contributed by atoms with Crippen LogP contribution in [-0.2, 0) is 0 Å². The molecular formula is C46H32N4. The maximum atomic E-state index is 5.24. The Labute approximate surface area is 290 Å². The lowest BCUT2D eigenvalue weighted by atomic mass is 9.89. The van der Waals surface area contributed by atoms with Gasteiger partial charge in [-0.15, -0.1) is 0 Å². The van der Waals surface area contributed by atoms with Crippen LogP contribution in [0, 0.1) is 0 Å². The molecular weight excluding hydrogens is 609 g/mol. The lowest BCUT2D eigenvalue weighted by Crippen LogP contribution is -2.09. The fourth-order valence-corrected chi connectivity index (χ4v) is 7.93. The van der Waals surface area contributed by atoms with Crippen LogP contribution in [0.2, 0.25) is 0 Å². The number of fused-ring (bicyclic) bond motifs is 6. The number of rotatable bonds is 5. The van der Waals surface area contributed by atoms with Crippen molar-refractivity contribution in [2.75, 3.05) is 0 Å². The largest absolute Gasteiger partial charge is 0.278 e. The molecule has 2 unspecified atom stereocenters. The topological polar surface area (TPSA) is 43.6 Å². The van der Waals surface area contributed by atoms with Gasteiger partial charge in [0.05, 0.1) is 11.0 Å². The maximum absolute atomic E-state index is 5.24. The smallest absolute Gasteiger partial charge is 0.238 e. The Balaban J connectivity index is 1.19. The fourth-order valence-electron chi connectivity index (χ4n) is 7.93. The van der Waals surface area contributed by atoms with Gasteiger partial charge in [-0.25, -0.2) is 4.98 Å². The Hall–Kier alpha value is -6.39. The minimum Gasteiger partial charge on any atom is -0.278 e.